The van der Waals surface area contributed by atoms with Gasteiger partial charge in [0.05, 0.1) is 0 Å². The number of rotatable bonds is 2. The zero-order valence-corrected chi connectivity index (χ0v) is 9.96. The molecule has 0 bridgehead atoms. The molecule has 1 heteroatoms. The Morgan fingerprint density at radius 2 is 1.50 bits per heavy atom. The van der Waals surface area contributed by atoms with Crippen LogP contribution >= 0.6 is 11.8 Å². The predicted octanol–water partition coefficient (Wildman–Crippen LogP) is 4.51. The average Bonchev–Trinajstić information content (AvgIpc) is 3.17. The van der Waals surface area contributed by atoms with Gasteiger partial charge < -0.3 is 0 Å². The molecule has 1 aliphatic carbocycles. The van der Waals surface area contributed by atoms with Crippen LogP contribution in [0.2, 0.25) is 0 Å². The van der Waals surface area contributed by atoms with Crippen molar-refractivity contribution in [3.8, 4) is 0 Å². The van der Waals surface area contributed by atoms with E-state index in [1.165, 1.54) is 29.4 Å². The Bertz CT molecular complexity index is 500. The summed E-state index contributed by atoms with van der Waals surface area (Å²) in [4.78, 5) is 0. The van der Waals surface area contributed by atoms with Crippen LogP contribution in [-0.4, -0.2) is 5.75 Å². The standard InChI is InChI=1S/C15H14S/c1-2-4-13-12(3-1)11(10-5-6-10)7-8-14(13)15-9-16-15/h1-4,7-8,10,15H,5-6,9H2. The van der Waals surface area contributed by atoms with Gasteiger partial charge in [0.1, 0.15) is 0 Å². The number of thioether (sulfide) groups is 1. The molecular weight excluding hydrogens is 212 g/mol. The van der Waals surface area contributed by atoms with Gasteiger partial charge >= 0.3 is 0 Å². The first-order valence-electron chi connectivity index (χ1n) is 6.06. The molecular formula is C15H14S. The highest BCUT2D eigenvalue weighted by Gasteiger charge is 2.29. The summed E-state index contributed by atoms with van der Waals surface area (Å²) in [6, 6.07) is 13.7. The maximum Gasteiger partial charge on any atom is 0.0394 e. The summed E-state index contributed by atoms with van der Waals surface area (Å²) in [5, 5.41) is 3.79. The molecule has 0 amide bonds. The second-order valence-corrected chi connectivity index (χ2v) is 6.12. The topological polar surface area (TPSA) is 0 Å². The number of fused-ring (bicyclic) bond motifs is 1. The lowest BCUT2D eigenvalue weighted by molar-refractivity contribution is 1.14. The van der Waals surface area contributed by atoms with Crippen molar-refractivity contribution in [2.24, 2.45) is 0 Å². The van der Waals surface area contributed by atoms with Crippen LogP contribution in [0.15, 0.2) is 36.4 Å². The smallest absolute Gasteiger partial charge is 0.0394 e. The monoisotopic (exact) mass is 226 g/mol. The highest BCUT2D eigenvalue weighted by molar-refractivity contribution is 8.06. The number of benzene rings is 2. The molecule has 1 saturated carbocycles. The van der Waals surface area contributed by atoms with Gasteiger partial charge in [0.2, 0.25) is 0 Å². The van der Waals surface area contributed by atoms with Gasteiger partial charge in [-0.15, -0.1) is 0 Å². The lowest BCUT2D eigenvalue weighted by Crippen LogP contribution is -1.88. The van der Waals surface area contributed by atoms with E-state index in [4.69, 9.17) is 0 Å². The summed E-state index contributed by atoms with van der Waals surface area (Å²) in [6.45, 7) is 0. The molecule has 1 atom stereocenters. The summed E-state index contributed by atoms with van der Waals surface area (Å²) < 4.78 is 0. The second-order valence-electron chi connectivity index (χ2n) is 4.89. The quantitative estimate of drug-likeness (QED) is 0.679. The third-order valence-corrected chi connectivity index (χ3v) is 4.61. The average molecular weight is 226 g/mol. The van der Waals surface area contributed by atoms with Gasteiger partial charge in [0.15, 0.2) is 0 Å². The lowest BCUT2D eigenvalue weighted by atomic mass is 9.96. The SMILES string of the molecule is c1ccc2c(C3CS3)ccc(C3CC3)c2c1. The van der Waals surface area contributed by atoms with Crippen molar-refractivity contribution < 1.29 is 0 Å². The predicted molar refractivity (Wildman–Crippen MR) is 71.1 cm³/mol. The first-order chi connectivity index (χ1) is 7.93. The Morgan fingerprint density at radius 3 is 2.12 bits per heavy atom. The van der Waals surface area contributed by atoms with Gasteiger partial charge in [-0.1, -0.05) is 36.4 Å². The van der Waals surface area contributed by atoms with E-state index in [0.717, 1.165) is 11.2 Å². The molecule has 4 rings (SSSR count). The van der Waals surface area contributed by atoms with Gasteiger partial charge in [-0.2, -0.15) is 11.8 Å². The van der Waals surface area contributed by atoms with Crippen molar-refractivity contribution in [2.45, 2.75) is 24.0 Å². The van der Waals surface area contributed by atoms with Crippen LogP contribution in [0.3, 0.4) is 0 Å². The minimum absolute atomic E-state index is 0.776. The molecule has 2 aromatic rings. The van der Waals surface area contributed by atoms with Crippen LogP contribution < -0.4 is 0 Å². The van der Waals surface area contributed by atoms with Gasteiger partial charge in [-0.05, 0) is 40.7 Å². The maximum atomic E-state index is 2.38. The third kappa shape index (κ3) is 1.38. The molecule has 1 aliphatic heterocycles. The molecule has 1 heterocycles. The zero-order chi connectivity index (χ0) is 10.5. The minimum Gasteiger partial charge on any atom is -0.151 e. The summed E-state index contributed by atoms with van der Waals surface area (Å²) in [6.07, 6.45) is 2.78. The molecule has 0 radical (unpaired) electrons. The molecule has 0 N–H and O–H groups in total. The van der Waals surface area contributed by atoms with Crippen molar-refractivity contribution >= 4 is 22.5 Å². The molecule has 0 aromatic heterocycles. The number of hydrogen-bond acceptors (Lipinski definition) is 1. The van der Waals surface area contributed by atoms with Crippen LogP contribution in [0.4, 0.5) is 0 Å². The highest BCUT2D eigenvalue weighted by Crippen LogP contribution is 2.50. The Kier molecular flexibility index (Phi) is 1.86. The van der Waals surface area contributed by atoms with Crippen LogP contribution in [0.25, 0.3) is 10.8 Å². The van der Waals surface area contributed by atoms with E-state index in [-0.39, 0.29) is 0 Å². The molecule has 80 valence electrons. The first-order valence-corrected chi connectivity index (χ1v) is 7.11. The molecule has 0 spiro atoms. The molecule has 2 aromatic carbocycles. The van der Waals surface area contributed by atoms with E-state index in [9.17, 15) is 0 Å². The van der Waals surface area contributed by atoms with Crippen LogP contribution in [0.5, 0.6) is 0 Å². The van der Waals surface area contributed by atoms with E-state index in [1.54, 1.807) is 11.1 Å². The molecule has 2 aliphatic rings. The minimum atomic E-state index is 0.776. The fraction of sp³-hybridized carbons (Fsp3) is 0.333. The second kappa shape index (κ2) is 3.27. The van der Waals surface area contributed by atoms with E-state index >= 15 is 0 Å². The van der Waals surface area contributed by atoms with Crippen molar-refractivity contribution in [3.63, 3.8) is 0 Å². The maximum absolute atomic E-state index is 2.38. The third-order valence-electron chi connectivity index (χ3n) is 3.69. The van der Waals surface area contributed by atoms with Crippen molar-refractivity contribution in [1.82, 2.24) is 0 Å². The molecule has 1 unspecified atom stereocenters. The molecule has 1 saturated heterocycles. The Labute approximate surface area is 100 Å². The zero-order valence-electron chi connectivity index (χ0n) is 9.15. The Hall–Kier alpha value is -0.950. The fourth-order valence-corrected chi connectivity index (χ4v) is 3.27. The van der Waals surface area contributed by atoms with Crippen LogP contribution in [-0.2, 0) is 0 Å². The summed E-state index contributed by atoms with van der Waals surface area (Å²) in [5.74, 6) is 2.16. The summed E-state index contributed by atoms with van der Waals surface area (Å²) >= 11 is 2.07. The Balaban J connectivity index is 2.00. The van der Waals surface area contributed by atoms with Gasteiger partial charge in [0, 0.05) is 11.0 Å². The molecule has 2 fully saturated rings. The Morgan fingerprint density at radius 1 is 0.875 bits per heavy atom. The normalized spacial score (nSPS) is 23.6. The molecule has 0 nitrogen and oxygen atoms in total. The summed E-state index contributed by atoms with van der Waals surface area (Å²) in [7, 11) is 0. The van der Waals surface area contributed by atoms with Crippen molar-refractivity contribution in [1.29, 1.82) is 0 Å². The number of hydrogen-bond donors (Lipinski definition) is 0. The van der Waals surface area contributed by atoms with Crippen LogP contribution in [0.1, 0.15) is 35.1 Å². The van der Waals surface area contributed by atoms with Crippen molar-refractivity contribution in [2.75, 3.05) is 5.75 Å². The van der Waals surface area contributed by atoms with Crippen molar-refractivity contribution in [3.05, 3.63) is 47.5 Å². The van der Waals surface area contributed by atoms with E-state index in [2.05, 4.69) is 48.2 Å². The van der Waals surface area contributed by atoms with E-state index in [0.29, 0.717) is 0 Å². The lowest BCUT2D eigenvalue weighted by Gasteiger charge is -2.09. The van der Waals surface area contributed by atoms with Gasteiger partial charge in [-0.25, -0.2) is 0 Å². The summed E-state index contributed by atoms with van der Waals surface area (Å²) in [5.41, 5.74) is 3.15. The fourth-order valence-electron chi connectivity index (χ4n) is 2.60. The van der Waals surface area contributed by atoms with Gasteiger partial charge in [0.25, 0.3) is 0 Å². The first kappa shape index (κ1) is 9.12. The highest BCUT2D eigenvalue weighted by atomic mass is 32.2. The van der Waals surface area contributed by atoms with Gasteiger partial charge in [-0.3, -0.25) is 0 Å². The van der Waals surface area contributed by atoms with E-state index < -0.39 is 0 Å². The van der Waals surface area contributed by atoms with Crippen LogP contribution in [0, 0.1) is 0 Å². The largest absolute Gasteiger partial charge is 0.151 e. The van der Waals surface area contributed by atoms with E-state index in [1.807, 2.05) is 0 Å². The molecule has 16 heavy (non-hydrogen) atoms.